The second-order valence-electron chi connectivity index (χ2n) is 2.99. The van der Waals surface area contributed by atoms with E-state index in [2.05, 4.69) is 6.08 Å². The highest BCUT2D eigenvalue weighted by Gasteiger charge is 1.93. The lowest BCUT2D eigenvalue weighted by atomic mass is 10.1. The van der Waals surface area contributed by atoms with Gasteiger partial charge in [0.2, 0.25) is 0 Å². The zero-order valence-corrected chi connectivity index (χ0v) is 8.51. The molecule has 0 heterocycles. The van der Waals surface area contributed by atoms with Gasteiger partial charge < -0.3 is 5.73 Å². The lowest BCUT2D eigenvalue weighted by Crippen LogP contribution is -1.94. The monoisotopic (exact) mass is 195 g/mol. The van der Waals surface area contributed by atoms with E-state index >= 15 is 0 Å². The van der Waals surface area contributed by atoms with Gasteiger partial charge in [0.05, 0.1) is 0 Å². The second-order valence-corrected chi connectivity index (χ2v) is 3.40. The molecule has 0 fully saturated rings. The van der Waals surface area contributed by atoms with Crippen molar-refractivity contribution in [1.82, 2.24) is 0 Å². The molecule has 0 spiro atoms. The van der Waals surface area contributed by atoms with Crippen LogP contribution in [-0.2, 0) is 0 Å². The lowest BCUT2D eigenvalue weighted by Gasteiger charge is -1.98. The van der Waals surface area contributed by atoms with E-state index in [9.17, 15) is 0 Å². The summed E-state index contributed by atoms with van der Waals surface area (Å²) >= 11 is 5.97. The fraction of sp³-hybridized carbons (Fsp3) is 0.273. The molecule has 0 unspecified atom stereocenters. The fourth-order valence-electron chi connectivity index (χ4n) is 1.03. The minimum atomic E-state index is 0.691. The molecule has 2 heteroatoms. The quantitative estimate of drug-likeness (QED) is 0.789. The highest BCUT2D eigenvalue weighted by Crippen LogP contribution is 2.17. The van der Waals surface area contributed by atoms with Gasteiger partial charge in [-0.1, -0.05) is 35.9 Å². The maximum atomic E-state index is 5.97. The van der Waals surface area contributed by atoms with E-state index in [-0.39, 0.29) is 0 Å². The number of aryl methyl sites for hydroxylation is 1. The summed E-state index contributed by atoms with van der Waals surface area (Å²) in [4.78, 5) is 0. The molecular weight excluding hydrogens is 182 g/mol. The van der Waals surface area contributed by atoms with Gasteiger partial charge in [0.25, 0.3) is 0 Å². The molecule has 0 radical (unpaired) electrons. The molecule has 0 aliphatic rings. The summed E-state index contributed by atoms with van der Waals surface area (Å²) in [5, 5.41) is 0.815. The summed E-state index contributed by atoms with van der Waals surface area (Å²) in [6.45, 7) is 2.69. The van der Waals surface area contributed by atoms with E-state index in [1.165, 1.54) is 0 Å². The van der Waals surface area contributed by atoms with Crippen LogP contribution in [0.25, 0.3) is 6.08 Å². The molecule has 70 valence electrons. The van der Waals surface area contributed by atoms with Gasteiger partial charge in [-0.15, -0.1) is 0 Å². The Kier molecular flexibility index (Phi) is 4.00. The molecule has 1 nitrogen and oxygen atoms in total. The summed E-state index contributed by atoms with van der Waals surface area (Å²) in [5.41, 5.74) is 7.61. The largest absolute Gasteiger partial charge is 0.330 e. The van der Waals surface area contributed by atoms with Gasteiger partial charge in [-0.2, -0.15) is 0 Å². The number of halogens is 1. The SMILES string of the molecule is Cc1ccc(C=CCCN)cc1Cl. The minimum absolute atomic E-state index is 0.691. The van der Waals surface area contributed by atoms with Gasteiger partial charge in [-0.05, 0) is 37.1 Å². The third-order valence-corrected chi connectivity index (χ3v) is 2.25. The summed E-state index contributed by atoms with van der Waals surface area (Å²) < 4.78 is 0. The summed E-state index contributed by atoms with van der Waals surface area (Å²) in [5.74, 6) is 0. The summed E-state index contributed by atoms with van der Waals surface area (Å²) in [6, 6.07) is 6.03. The van der Waals surface area contributed by atoms with Crippen molar-refractivity contribution in [3.05, 3.63) is 40.4 Å². The molecule has 0 atom stereocenters. The molecule has 0 aliphatic heterocycles. The summed E-state index contributed by atoms with van der Waals surface area (Å²) in [6.07, 6.45) is 5.00. The Morgan fingerprint density at radius 1 is 1.46 bits per heavy atom. The van der Waals surface area contributed by atoms with E-state index in [0.717, 1.165) is 22.6 Å². The van der Waals surface area contributed by atoms with Crippen molar-refractivity contribution >= 4 is 17.7 Å². The number of nitrogens with two attached hydrogens (primary N) is 1. The van der Waals surface area contributed by atoms with Crippen LogP contribution in [0.15, 0.2) is 24.3 Å². The Bertz CT molecular complexity index is 305. The van der Waals surface area contributed by atoms with Gasteiger partial charge in [-0.3, -0.25) is 0 Å². The average molecular weight is 196 g/mol. The predicted molar refractivity (Wildman–Crippen MR) is 58.9 cm³/mol. The van der Waals surface area contributed by atoms with Gasteiger partial charge in [0.15, 0.2) is 0 Å². The van der Waals surface area contributed by atoms with Crippen molar-refractivity contribution in [3.63, 3.8) is 0 Å². The van der Waals surface area contributed by atoms with E-state index in [0.29, 0.717) is 6.54 Å². The van der Waals surface area contributed by atoms with Crippen LogP contribution in [-0.4, -0.2) is 6.54 Å². The molecule has 0 saturated carbocycles. The first-order chi connectivity index (χ1) is 6.24. The fourth-order valence-corrected chi connectivity index (χ4v) is 1.22. The van der Waals surface area contributed by atoms with Crippen LogP contribution in [0.3, 0.4) is 0 Å². The molecule has 1 aromatic rings. The van der Waals surface area contributed by atoms with E-state index in [4.69, 9.17) is 17.3 Å². The molecule has 1 rings (SSSR count). The van der Waals surface area contributed by atoms with Crippen LogP contribution in [0.5, 0.6) is 0 Å². The second kappa shape index (κ2) is 5.05. The maximum Gasteiger partial charge on any atom is 0.0441 e. The average Bonchev–Trinajstić information content (AvgIpc) is 2.12. The normalized spacial score (nSPS) is 11.0. The van der Waals surface area contributed by atoms with Crippen LogP contribution in [0.1, 0.15) is 17.5 Å². The summed E-state index contributed by atoms with van der Waals surface area (Å²) in [7, 11) is 0. The highest BCUT2D eigenvalue weighted by molar-refractivity contribution is 6.31. The number of benzene rings is 1. The zero-order valence-electron chi connectivity index (χ0n) is 7.76. The Morgan fingerprint density at radius 2 is 2.23 bits per heavy atom. The first kappa shape index (κ1) is 10.3. The van der Waals surface area contributed by atoms with Crippen molar-refractivity contribution < 1.29 is 0 Å². The van der Waals surface area contributed by atoms with Crippen LogP contribution < -0.4 is 5.73 Å². The Labute approximate surface area is 84.2 Å². The van der Waals surface area contributed by atoms with Gasteiger partial charge in [0.1, 0.15) is 0 Å². The van der Waals surface area contributed by atoms with E-state index in [1.54, 1.807) is 0 Å². The Balaban J connectivity index is 2.73. The van der Waals surface area contributed by atoms with Crippen molar-refractivity contribution in [2.24, 2.45) is 5.73 Å². The lowest BCUT2D eigenvalue weighted by molar-refractivity contribution is 1.01. The van der Waals surface area contributed by atoms with Crippen LogP contribution in [0, 0.1) is 6.92 Å². The standard InChI is InChI=1S/C11H14ClN/c1-9-5-6-10(8-11(9)12)4-2-3-7-13/h2,4-6,8H,3,7,13H2,1H3. The third kappa shape index (κ3) is 3.21. The predicted octanol–water partition coefficient (Wildman–Crippen LogP) is 3.01. The molecule has 0 bridgehead atoms. The number of rotatable bonds is 3. The van der Waals surface area contributed by atoms with E-state index < -0.39 is 0 Å². The molecule has 0 amide bonds. The van der Waals surface area contributed by atoms with Crippen molar-refractivity contribution in [2.75, 3.05) is 6.54 Å². The first-order valence-corrected chi connectivity index (χ1v) is 4.74. The minimum Gasteiger partial charge on any atom is -0.330 e. The van der Waals surface area contributed by atoms with Gasteiger partial charge in [0, 0.05) is 5.02 Å². The molecule has 13 heavy (non-hydrogen) atoms. The molecule has 2 N–H and O–H groups in total. The molecule has 1 aromatic carbocycles. The smallest absolute Gasteiger partial charge is 0.0441 e. The van der Waals surface area contributed by atoms with Crippen molar-refractivity contribution in [3.8, 4) is 0 Å². The Hall–Kier alpha value is -0.790. The number of hydrogen-bond donors (Lipinski definition) is 1. The first-order valence-electron chi connectivity index (χ1n) is 4.37. The molecule has 0 saturated heterocycles. The van der Waals surface area contributed by atoms with Crippen LogP contribution in [0.2, 0.25) is 5.02 Å². The van der Waals surface area contributed by atoms with Crippen LogP contribution in [0.4, 0.5) is 0 Å². The topological polar surface area (TPSA) is 26.0 Å². The molecular formula is C11H14ClN. The Morgan fingerprint density at radius 3 is 2.85 bits per heavy atom. The number of hydrogen-bond acceptors (Lipinski definition) is 1. The van der Waals surface area contributed by atoms with E-state index in [1.807, 2.05) is 31.2 Å². The maximum absolute atomic E-state index is 5.97. The van der Waals surface area contributed by atoms with Gasteiger partial charge >= 0.3 is 0 Å². The van der Waals surface area contributed by atoms with Crippen LogP contribution >= 0.6 is 11.6 Å². The molecule has 0 aliphatic carbocycles. The third-order valence-electron chi connectivity index (χ3n) is 1.84. The van der Waals surface area contributed by atoms with Crippen molar-refractivity contribution in [2.45, 2.75) is 13.3 Å². The zero-order chi connectivity index (χ0) is 9.68. The van der Waals surface area contributed by atoms with Gasteiger partial charge in [-0.25, -0.2) is 0 Å². The van der Waals surface area contributed by atoms with Crippen molar-refractivity contribution in [1.29, 1.82) is 0 Å². The molecule has 0 aromatic heterocycles. The highest BCUT2D eigenvalue weighted by atomic mass is 35.5.